The van der Waals surface area contributed by atoms with Crippen molar-refractivity contribution in [2.45, 2.75) is 32.6 Å². The van der Waals surface area contributed by atoms with Crippen LogP contribution in [0.1, 0.15) is 52.6 Å². The van der Waals surface area contributed by atoms with Crippen molar-refractivity contribution < 1.29 is 14.3 Å². The van der Waals surface area contributed by atoms with Crippen LogP contribution in [0.2, 0.25) is 0 Å². The largest absolute Gasteiger partial charge is 0.496 e. The number of anilines is 1. The molecule has 1 aromatic heterocycles. The molecule has 0 radical (unpaired) electrons. The Hall–Kier alpha value is -3.93. The molecule has 0 bridgehead atoms. The third kappa shape index (κ3) is 6.29. The molecule has 0 atom stereocenters. The number of methoxy groups -OCH3 is 1. The molecular weight excluding hydrogens is 414 g/mol. The van der Waals surface area contributed by atoms with Crippen LogP contribution in [0.25, 0.3) is 0 Å². The SMILES string of the molecule is C=C(NC(=O)c1ccc(C(C)(C)C)cc1)Nc1ccc(CC(=O)c2cccnc2)c(OC)c1. The molecule has 1 amide bonds. The predicted molar refractivity (Wildman–Crippen MR) is 131 cm³/mol. The Morgan fingerprint density at radius 3 is 2.36 bits per heavy atom. The van der Waals surface area contributed by atoms with Crippen LogP contribution in [0.15, 0.2) is 79.4 Å². The number of nitrogens with one attached hydrogen (secondary N) is 2. The Balaban J connectivity index is 1.63. The van der Waals surface area contributed by atoms with Gasteiger partial charge in [0, 0.05) is 47.3 Å². The van der Waals surface area contributed by atoms with Gasteiger partial charge in [0.05, 0.1) is 7.11 Å². The van der Waals surface area contributed by atoms with Gasteiger partial charge in [0.2, 0.25) is 0 Å². The quantitative estimate of drug-likeness (QED) is 0.472. The van der Waals surface area contributed by atoms with Gasteiger partial charge in [-0.05, 0) is 41.3 Å². The van der Waals surface area contributed by atoms with Gasteiger partial charge >= 0.3 is 0 Å². The molecule has 33 heavy (non-hydrogen) atoms. The van der Waals surface area contributed by atoms with Crippen molar-refractivity contribution in [1.29, 1.82) is 0 Å². The van der Waals surface area contributed by atoms with E-state index >= 15 is 0 Å². The van der Waals surface area contributed by atoms with Gasteiger partial charge in [0.25, 0.3) is 5.91 Å². The summed E-state index contributed by atoms with van der Waals surface area (Å²) in [5.41, 5.74) is 3.71. The van der Waals surface area contributed by atoms with Crippen molar-refractivity contribution in [2.75, 3.05) is 12.4 Å². The maximum atomic E-state index is 12.6. The van der Waals surface area contributed by atoms with Gasteiger partial charge in [-0.15, -0.1) is 0 Å². The summed E-state index contributed by atoms with van der Waals surface area (Å²) >= 11 is 0. The first-order valence-corrected chi connectivity index (χ1v) is 10.7. The van der Waals surface area contributed by atoms with E-state index < -0.39 is 0 Å². The van der Waals surface area contributed by atoms with E-state index in [1.165, 1.54) is 0 Å². The van der Waals surface area contributed by atoms with Crippen LogP contribution >= 0.6 is 0 Å². The summed E-state index contributed by atoms with van der Waals surface area (Å²) < 4.78 is 5.47. The van der Waals surface area contributed by atoms with Gasteiger partial charge < -0.3 is 15.4 Å². The molecular formula is C27H29N3O3. The number of carbonyl (C=O) groups is 2. The second kappa shape index (κ2) is 10.1. The van der Waals surface area contributed by atoms with Crippen molar-refractivity contribution >= 4 is 17.4 Å². The number of hydrogen-bond donors (Lipinski definition) is 2. The first-order chi connectivity index (χ1) is 15.7. The zero-order valence-corrected chi connectivity index (χ0v) is 19.4. The number of amides is 1. The lowest BCUT2D eigenvalue weighted by atomic mass is 9.87. The zero-order valence-electron chi connectivity index (χ0n) is 19.4. The highest BCUT2D eigenvalue weighted by atomic mass is 16.5. The second-order valence-corrected chi connectivity index (χ2v) is 8.75. The molecule has 0 unspecified atom stereocenters. The van der Waals surface area contributed by atoms with Gasteiger partial charge in [-0.25, -0.2) is 0 Å². The molecule has 170 valence electrons. The second-order valence-electron chi connectivity index (χ2n) is 8.75. The lowest BCUT2D eigenvalue weighted by Crippen LogP contribution is -2.26. The lowest BCUT2D eigenvalue weighted by Gasteiger charge is -2.19. The number of nitrogens with zero attached hydrogens (tertiary/aromatic N) is 1. The third-order valence-electron chi connectivity index (χ3n) is 5.19. The van der Waals surface area contributed by atoms with E-state index in [2.05, 4.69) is 43.0 Å². The van der Waals surface area contributed by atoms with E-state index in [4.69, 9.17) is 4.74 Å². The summed E-state index contributed by atoms with van der Waals surface area (Å²) in [6.07, 6.45) is 3.37. The van der Waals surface area contributed by atoms with Crippen LogP contribution < -0.4 is 15.4 Å². The van der Waals surface area contributed by atoms with Crippen LogP contribution in [-0.4, -0.2) is 23.8 Å². The summed E-state index contributed by atoms with van der Waals surface area (Å²) in [5.74, 6) is 0.602. The van der Waals surface area contributed by atoms with Gasteiger partial charge in [-0.3, -0.25) is 14.6 Å². The molecule has 2 aromatic carbocycles. The molecule has 1 heterocycles. The van der Waals surface area contributed by atoms with E-state index in [9.17, 15) is 9.59 Å². The highest BCUT2D eigenvalue weighted by Crippen LogP contribution is 2.25. The molecule has 0 saturated heterocycles. The number of benzene rings is 2. The standard InChI is InChI=1S/C27H29N3O3/c1-18(30-26(32)19-8-11-22(12-9-19)27(2,3)4)29-23-13-10-20(25(16-23)33-5)15-24(31)21-7-6-14-28-17-21/h6-14,16-17,29H,1,15H2,2-5H3,(H,30,32). The number of hydrogen-bond acceptors (Lipinski definition) is 5. The van der Waals surface area contributed by atoms with Crippen molar-refractivity contribution in [3.8, 4) is 5.75 Å². The Morgan fingerprint density at radius 1 is 1.03 bits per heavy atom. The molecule has 0 aliphatic rings. The maximum Gasteiger partial charge on any atom is 0.256 e. The van der Waals surface area contributed by atoms with E-state index in [1.54, 1.807) is 49.8 Å². The van der Waals surface area contributed by atoms with Crippen molar-refractivity contribution in [2.24, 2.45) is 0 Å². The number of ketones is 1. The van der Waals surface area contributed by atoms with Crippen LogP contribution in [0.4, 0.5) is 5.69 Å². The summed E-state index contributed by atoms with van der Waals surface area (Å²) in [6.45, 7) is 10.3. The molecule has 0 aliphatic carbocycles. The number of ether oxygens (including phenoxy) is 1. The summed E-state index contributed by atoms with van der Waals surface area (Å²) in [5, 5.41) is 5.83. The summed E-state index contributed by atoms with van der Waals surface area (Å²) in [4.78, 5) is 29.1. The number of rotatable bonds is 8. The number of carbonyl (C=O) groups excluding carboxylic acids is 2. The fraction of sp³-hybridized carbons (Fsp3) is 0.222. The molecule has 3 rings (SSSR count). The molecule has 0 aliphatic heterocycles. The Morgan fingerprint density at radius 2 is 1.76 bits per heavy atom. The number of pyridine rings is 1. The smallest absolute Gasteiger partial charge is 0.256 e. The van der Waals surface area contributed by atoms with Crippen LogP contribution in [-0.2, 0) is 11.8 Å². The lowest BCUT2D eigenvalue weighted by molar-refractivity contribution is 0.0964. The fourth-order valence-electron chi connectivity index (χ4n) is 3.31. The zero-order chi connectivity index (χ0) is 24.0. The summed E-state index contributed by atoms with van der Waals surface area (Å²) in [7, 11) is 1.55. The van der Waals surface area contributed by atoms with Crippen LogP contribution in [0, 0.1) is 0 Å². The highest BCUT2D eigenvalue weighted by Gasteiger charge is 2.15. The Bertz CT molecular complexity index is 1150. The highest BCUT2D eigenvalue weighted by molar-refractivity contribution is 5.97. The number of aromatic nitrogens is 1. The van der Waals surface area contributed by atoms with Crippen molar-refractivity contribution in [3.63, 3.8) is 0 Å². The molecule has 0 spiro atoms. The van der Waals surface area contributed by atoms with Crippen molar-refractivity contribution in [3.05, 3.63) is 102 Å². The minimum absolute atomic E-state index is 0.0218. The third-order valence-corrected chi connectivity index (χ3v) is 5.19. The summed E-state index contributed by atoms with van der Waals surface area (Å²) in [6, 6.07) is 16.4. The van der Waals surface area contributed by atoms with Crippen molar-refractivity contribution in [1.82, 2.24) is 10.3 Å². The van der Waals surface area contributed by atoms with E-state index in [0.29, 0.717) is 28.4 Å². The van der Waals surface area contributed by atoms with Crippen LogP contribution in [0.3, 0.4) is 0 Å². The topological polar surface area (TPSA) is 80.3 Å². The first kappa shape index (κ1) is 23.7. The van der Waals surface area contributed by atoms with Gasteiger partial charge in [0.15, 0.2) is 5.78 Å². The minimum atomic E-state index is -0.251. The van der Waals surface area contributed by atoms with E-state index in [1.807, 2.05) is 24.3 Å². The van der Waals surface area contributed by atoms with Crippen LogP contribution in [0.5, 0.6) is 5.75 Å². The molecule has 0 fully saturated rings. The predicted octanol–water partition coefficient (Wildman–Crippen LogP) is 5.13. The van der Waals surface area contributed by atoms with Gasteiger partial charge in [-0.1, -0.05) is 45.5 Å². The van der Waals surface area contributed by atoms with E-state index in [-0.39, 0.29) is 23.5 Å². The monoisotopic (exact) mass is 443 g/mol. The molecule has 2 N–H and O–H groups in total. The first-order valence-electron chi connectivity index (χ1n) is 10.7. The number of Topliss-reactive ketones (excluding diaryl/α,β-unsaturated/α-hetero) is 1. The molecule has 6 heteroatoms. The Kier molecular flexibility index (Phi) is 7.28. The molecule has 3 aromatic rings. The van der Waals surface area contributed by atoms with Gasteiger partial charge in [-0.2, -0.15) is 0 Å². The minimum Gasteiger partial charge on any atom is -0.496 e. The normalized spacial score (nSPS) is 10.9. The van der Waals surface area contributed by atoms with Gasteiger partial charge in [0.1, 0.15) is 11.6 Å². The average Bonchev–Trinajstić information content (AvgIpc) is 2.80. The maximum absolute atomic E-state index is 12.6. The molecule has 0 saturated carbocycles. The molecule has 6 nitrogen and oxygen atoms in total. The average molecular weight is 444 g/mol. The Labute approximate surface area is 194 Å². The van der Waals surface area contributed by atoms with E-state index in [0.717, 1.165) is 11.1 Å². The fourth-order valence-corrected chi connectivity index (χ4v) is 3.31.